The summed E-state index contributed by atoms with van der Waals surface area (Å²) in [5.74, 6) is 0. The van der Waals surface area contributed by atoms with Crippen LogP contribution in [0.4, 0.5) is 0 Å². The Balaban J connectivity index is 2.27. The van der Waals surface area contributed by atoms with E-state index in [0.29, 0.717) is 6.04 Å². The summed E-state index contributed by atoms with van der Waals surface area (Å²) >= 11 is 0. The predicted octanol–water partition coefficient (Wildman–Crippen LogP) is 0.00970. The first kappa shape index (κ1) is 7.98. The van der Waals surface area contributed by atoms with E-state index in [-0.39, 0.29) is 6.10 Å². The topological polar surface area (TPSA) is 30.5 Å². The lowest BCUT2D eigenvalue weighted by atomic mass is 10.2. The molecule has 0 aromatic heterocycles. The molecule has 1 aliphatic heterocycles. The van der Waals surface area contributed by atoms with Gasteiger partial charge in [-0.15, -0.1) is 0 Å². The Hall–Kier alpha value is -0.120. The summed E-state index contributed by atoms with van der Waals surface area (Å²) in [6.07, 6.45) is 0.250. The van der Waals surface area contributed by atoms with Crippen LogP contribution in [0, 0.1) is 0 Å². The molecule has 0 bridgehead atoms. The highest BCUT2D eigenvalue weighted by atomic mass is 16.5. The minimum atomic E-state index is 0.250. The monoisotopic (exact) mass is 145 g/mol. The Morgan fingerprint density at radius 1 is 1.60 bits per heavy atom. The van der Waals surface area contributed by atoms with Gasteiger partial charge in [0.25, 0.3) is 0 Å². The third kappa shape index (κ3) is 1.68. The minimum Gasteiger partial charge on any atom is -0.377 e. The van der Waals surface area contributed by atoms with Gasteiger partial charge in [-0.2, -0.15) is 0 Å². The molecule has 0 aliphatic carbocycles. The molecule has 1 heterocycles. The van der Waals surface area contributed by atoms with E-state index in [1.807, 2.05) is 0 Å². The van der Waals surface area contributed by atoms with Gasteiger partial charge in [-0.05, 0) is 6.54 Å². The van der Waals surface area contributed by atoms with Gasteiger partial charge in [-0.3, -0.25) is 0 Å². The maximum absolute atomic E-state index is 5.23. The van der Waals surface area contributed by atoms with Crippen LogP contribution in [0.2, 0.25) is 0 Å². The quantitative estimate of drug-likeness (QED) is 0.607. The van der Waals surface area contributed by atoms with Crippen molar-refractivity contribution in [1.29, 1.82) is 0 Å². The molecule has 0 unspecified atom stereocenters. The SMILES string of the molecule is CCN[C@H]1COC[C@@H]1OC. The minimum absolute atomic E-state index is 0.250. The van der Waals surface area contributed by atoms with Crippen LogP contribution in [0.1, 0.15) is 6.92 Å². The summed E-state index contributed by atoms with van der Waals surface area (Å²) in [5.41, 5.74) is 0. The molecule has 10 heavy (non-hydrogen) atoms. The normalized spacial score (nSPS) is 33.0. The van der Waals surface area contributed by atoms with Gasteiger partial charge in [0.15, 0.2) is 0 Å². The molecule has 0 aromatic carbocycles. The third-order valence-corrected chi connectivity index (χ3v) is 1.80. The van der Waals surface area contributed by atoms with Gasteiger partial charge >= 0.3 is 0 Å². The van der Waals surface area contributed by atoms with Crippen molar-refractivity contribution in [3.8, 4) is 0 Å². The van der Waals surface area contributed by atoms with Crippen molar-refractivity contribution >= 4 is 0 Å². The fourth-order valence-electron chi connectivity index (χ4n) is 1.22. The molecular formula is C7H15NO2. The van der Waals surface area contributed by atoms with Gasteiger partial charge in [0.1, 0.15) is 0 Å². The van der Waals surface area contributed by atoms with Crippen molar-refractivity contribution in [3.05, 3.63) is 0 Å². The van der Waals surface area contributed by atoms with Gasteiger partial charge in [0.05, 0.1) is 25.4 Å². The Kier molecular flexibility index (Phi) is 3.12. The van der Waals surface area contributed by atoms with E-state index in [4.69, 9.17) is 9.47 Å². The molecule has 3 heteroatoms. The molecule has 0 spiro atoms. The maximum atomic E-state index is 5.23. The highest BCUT2D eigenvalue weighted by Crippen LogP contribution is 2.07. The molecule has 1 rings (SSSR count). The van der Waals surface area contributed by atoms with Crippen LogP contribution in [0.25, 0.3) is 0 Å². The van der Waals surface area contributed by atoms with Crippen molar-refractivity contribution in [2.24, 2.45) is 0 Å². The number of hydrogen-bond acceptors (Lipinski definition) is 3. The zero-order chi connectivity index (χ0) is 7.40. The first-order chi connectivity index (χ1) is 4.88. The van der Waals surface area contributed by atoms with Crippen LogP contribution < -0.4 is 5.32 Å². The Labute approximate surface area is 61.7 Å². The Morgan fingerprint density at radius 2 is 2.40 bits per heavy atom. The van der Waals surface area contributed by atoms with Crippen molar-refractivity contribution in [3.63, 3.8) is 0 Å². The lowest BCUT2D eigenvalue weighted by molar-refractivity contribution is 0.0737. The number of hydrogen-bond donors (Lipinski definition) is 1. The predicted molar refractivity (Wildman–Crippen MR) is 39.1 cm³/mol. The van der Waals surface area contributed by atoms with Crippen molar-refractivity contribution in [2.75, 3.05) is 26.9 Å². The first-order valence-corrected chi connectivity index (χ1v) is 3.72. The largest absolute Gasteiger partial charge is 0.377 e. The number of likely N-dealkylation sites (N-methyl/N-ethyl adjacent to an activating group) is 1. The molecule has 1 fully saturated rings. The van der Waals surface area contributed by atoms with E-state index >= 15 is 0 Å². The van der Waals surface area contributed by atoms with Gasteiger partial charge in [0, 0.05) is 7.11 Å². The lowest BCUT2D eigenvalue weighted by Crippen LogP contribution is -2.39. The fourth-order valence-corrected chi connectivity index (χ4v) is 1.22. The number of ether oxygens (including phenoxy) is 2. The molecule has 0 radical (unpaired) electrons. The highest BCUT2D eigenvalue weighted by Gasteiger charge is 2.26. The summed E-state index contributed by atoms with van der Waals surface area (Å²) in [4.78, 5) is 0. The summed E-state index contributed by atoms with van der Waals surface area (Å²) in [6.45, 7) is 4.58. The molecule has 1 N–H and O–H groups in total. The second kappa shape index (κ2) is 3.91. The number of nitrogens with one attached hydrogen (secondary N) is 1. The van der Waals surface area contributed by atoms with Crippen molar-refractivity contribution < 1.29 is 9.47 Å². The van der Waals surface area contributed by atoms with Gasteiger partial charge in [-0.1, -0.05) is 6.92 Å². The van der Waals surface area contributed by atoms with Crippen molar-refractivity contribution in [2.45, 2.75) is 19.1 Å². The Bertz CT molecular complexity index is 97.6. The lowest BCUT2D eigenvalue weighted by Gasteiger charge is -2.15. The second-order valence-electron chi connectivity index (χ2n) is 2.48. The zero-order valence-electron chi connectivity index (χ0n) is 6.59. The Morgan fingerprint density at radius 3 is 3.00 bits per heavy atom. The highest BCUT2D eigenvalue weighted by molar-refractivity contribution is 4.81. The summed E-state index contributed by atoms with van der Waals surface area (Å²) in [7, 11) is 1.73. The molecular weight excluding hydrogens is 130 g/mol. The van der Waals surface area contributed by atoms with Gasteiger partial charge < -0.3 is 14.8 Å². The van der Waals surface area contributed by atoms with E-state index in [0.717, 1.165) is 19.8 Å². The zero-order valence-corrected chi connectivity index (χ0v) is 6.59. The molecule has 60 valence electrons. The molecule has 1 aliphatic rings. The van der Waals surface area contributed by atoms with E-state index in [1.54, 1.807) is 7.11 Å². The second-order valence-corrected chi connectivity index (χ2v) is 2.48. The fraction of sp³-hybridized carbons (Fsp3) is 1.00. The van der Waals surface area contributed by atoms with Crippen LogP contribution in [0.15, 0.2) is 0 Å². The first-order valence-electron chi connectivity index (χ1n) is 3.72. The van der Waals surface area contributed by atoms with E-state index in [2.05, 4.69) is 12.2 Å². The summed E-state index contributed by atoms with van der Waals surface area (Å²) in [6, 6.07) is 0.398. The van der Waals surface area contributed by atoms with Gasteiger partial charge in [-0.25, -0.2) is 0 Å². The maximum Gasteiger partial charge on any atom is 0.0979 e. The van der Waals surface area contributed by atoms with Gasteiger partial charge in [0.2, 0.25) is 0 Å². The smallest absolute Gasteiger partial charge is 0.0979 e. The van der Waals surface area contributed by atoms with Crippen LogP contribution in [0.5, 0.6) is 0 Å². The standard InChI is InChI=1S/C7H15NO2/c1-3-8-6-4-10-5-7(6)9-2/h6-8H,3-5H2,1-2H3/t6-,7-/m0/s1. The van der Waals surface area contributed by atoms with Crippen LogP contribution in [0.3, 0.4) is 0 Å². The van der Waals surface area contributed by atoms with Crippen LogP contribution >= 0.6 is 0 Å². The summed E-state index contributed by atoms with van der Waals surface area (Å²) in [5, 5.41) is 3.30. The van der Waals surface area contributed by atoms with E-state index < -0.39 is 0 Å². The number of rotatable bonds is 3. The molecule has 1 saturated heterocycles. The van der Waals surface area contributed by atoms with Crippen LogP contribution in [-0.4, -0.2) is 39.0 Å². The molecule has 0 saturated carbocycles. The average molecular weight is 145 g/mol. The number of methoxy groups -OCH3 is 1. The third-order valence-electron chi connectivity index (χ3n) is 1.80. The molecule has 3 nitrogen and oxygen atoms in total. The van der Waals surface area contributed by atoms with Crippen LogP contribution in [-0.2, 0) is 9.47 Å². The van der Waals surface area contributed by atoms with E-state index in [9.17, 15) is 0 Å². The molecule has 0 aromatic rings. The molecule has 2 atom stereocenters. The summed E-state index contributed by atoms with van der Waals surface area (Å²) < 4.78 is 10.4. The van der Waals surface area contributed by atoms with E-state index in [1.165, 1.54) is 0 Å². The van der Waals surface area contributed by atoms with Crippen molar-refractivity contribution in [1.82, 2.24) is 5.32 Å². The molecule has 0 amide bonds. The average Bonchev–Trinajstić information content (AvgIpc) is 2.36.